The van der Waals surface area contributed by atoms with Gasteiger partial charge < -0.3 is 5.32 Å². The van der Waals surface area contributed by atoms with E-state index in [1.807, 2.05) is 6.07 Å². The van der Waals surface area contributed by atoms with Gasteiger partial charge in [0.2, 0.25) is 5.95 Å². The lowest BCUT2D eigenvalue weighted by molar-refractivity contribution is 0.443. The predicted octanol–water partition coefficient (Wildman–Crippen LogP) is 3.43. The molecule has 1 N–H and O–H groups in total. The van der Waals surface area contributed by atoms with Gasteiger partial charge in [0.15, 0.2) is 0 Å². The Morgan fingerprint density at radius 1 is 1.17 bits per heavy atom. The number of hydrogen-bond acceptors (Lipinski definition) is 4. The van der Waals surface area contributed by atoms with Gasteiger partial charge in [0.1, 0.15) is 11.5 Å². The molecule has 23 heavy (non-hydrogen) atoms. The van der Waals surface area contributed by atoms with Gasteiger partial charge in [-0.15, -0.1) is 0 Å². The quantitative estimate of drug-likeness (QED) is 0.802. The summed E-state index contributed by atoms with van der Waals surface area (Å²) in [5, 5.41) is 7.56. The lowest BCUT2D eigenvalue weighted by Gasteiger charge is -2.26. The number of rotatable bonds is 4. The summed E-state index contributed by atoms with van der Waals surface area (Å²) in [5.41, 5.74) is 2.01. The van der Waals surface area contributed by atoms with E-state index in [1.54, 1.807) is 36.8 Å². The van der Waals surface area contributed by atoms with E-state index >= 15 is 0 Å². The number of hydrogen-bond donors (Lipinski definition) is 1. The van der Waals surface area contributed by atoms with E-state index in [-0.39, 0.29) is 5.82 Å². The average Bonchev–Trinajstić information content (AvgIpc) is 3.01. The number of anilines is 1. The Labute approximate surface area is 133 Å². The SMILES string of the molecule is Fc1ccccc1-n1cc(-c2ccnc(NC3CCC3)n2)cn1. The van der Waals surface area contributed by atoms with Gasteiger partial charge in [0.05, 0.1) is 11.9 Å². The maximum absolute atomic E-state index is 13.8. The zero-order valence-corrected chi connectivity index (χ0v) is 12.5. The minimum atomic E-state index is -0.308. The molecule has 0 aliphatic heterocycles. The molecule has 3 aromatic rings. The Bertz CT molecular complexity index is 825. The second-order valence-electron chi connectivity index (χ2n) is 5.66. The highest BCUT2D eigenvalue weighted by atomic mass is 19.1. The van der Waals surface area contributed by atoms with Crippen molar-refractivity contribution < 1.29 is 4.39 Å². The lowest BCUT2D eigenvalue weighted by Crippen LogP contribution is -2.27. The zero-order valence-electron chi connectivity index (χ0n) is 12.5. The largest absolute Gasteiger partial charge is 0.351 e. The van der Waals surface area contributed by atoms with Crippen LogP contribution in [0, 0.1) is 5.82 Å². The first-order chi connectivity index (χ1) is 11.3. The van der Waals surface area contributed by atoms with E-state index in [0.29, 0.717) is 17.7 Å². The fourth-order valence-corrected chi connectivity index (χ4v) is 2.55. The molecule has 116 valence electrons. The highest BCUT2D eigenvalue weighted by molar-refractivity contribution is 5.59. The number of nitrogens with zero attached hydrogens (tertiary/aromatic N) is 4. The van der Waals surface area contributed by atoms with Gasteiger partial charge in [-0.2, -0.15) is 5.10 Å². The van der Waals surface area contributed by atoms with E-state index in [9.17, 15) is 4.39 Å². The van der Waals surface area contributed by atoms with Crippen LogP contribution >= 0.6 is 0 Å². The molecule has 1 aromatic carbocycles. The topological polar surface area (TPSA) is 55.6 Å². The molecular weight excluding hydrogens is 293 g/mol. The van der Waals surface area contributed by atoms with Crippen molar-refractivity contribution in [1.29, 1.82) is 0 Å². The highest BCUT2D eigenvalue weighted by Crippen LogP contribution is 2.23. The smallest absolute Gasteiger partial charge is 0.223 e. The van der Waals surface area contributed by atoms with Crippen LogP contribution in [-0.4, -0.2) is 25.8 Å². The second kappa shape index (κ2) is 5.79. The fraction of sp³-hybridized carbons (Fsp3) is 0.235. The van der Waals surface area contributed by atoms with Crippen LogP contribution in [-0.2, 0) is 0 Å². The van der Waals surface area contributed by atoms with Crippen molar-refractivity contribution in [2.75, 3.05) is 5.32 Å². The van der Waals surface area contributed by atoms with Crippen LogP contribution in [0.15, 0.2) is 48.9 Å². The van der Waals surface area contributed by atoms with Gasteiger partial charge in [-0.1, -0.05) is 12.1 Å². The summed E-state index contributed by atoms with van der Waals surface area (Å²) in [7, 11) is 0. The third-order valence-electron chi connectivity index (χ3n) is 4.07. The van der Waals surface area contributed by atoms with Crippen molar-refractivity contribution in [3.8, 4) is 16.9 Å². The van der Waals surface area contributed by atoms with Gasteiger partial charge in [0.25, 0.3) is 0 Å². The van der Waals surface area contributed by atoms with Crippen LogP contribution in [0.25, 0.3) is 16.9 Å². The van der Waals surface area contributed by atoms with Gasteiger partial charge in [-0.05, 0) is 37.5 Å². The monoisotopic (exact) mass is 309 g/mol. The molecule has 0 spiro atoms. The van der Waals surface area contributed by atoms with E-state index in [0.717, 1.165) is 11.3 Å². The standard InChI is InChI=1S/C17H16FN5/c18-14-6-1-2-7-16(14)23-11-12(10-20-23)15-8-9-19-17(22-15)21-13-4-3-5-13/h1-2,6-11,13H,3-5H2,(H,19,21,22). The average molecular weight is 309 g/mol. The van der Waals surface area contributed by atoms with E-state index in [2.05, 4.69) is 20.4 Å². The highest BCUT2D eigenvalue weighted by Gasteiger charge is 2.18. The molecule has 5 nitrogen and oxygen atoms in total. The molecular formula is C17H16FN5. The first kappa shape index (κ1) is 13.9. The van der Waals surface area contributed by atoms with Crippen molar-refractivity contribution in [3.05, 3.63) is 54.7 Å². The van der Waals surface area contributed by atoms with Gasteiger partial charge in [-0.3, -0.25) is 0 Å². The van der Waals surface area contributed by atoms with Crippen LogP contribution in [0.1, 0.15) is 19.3 Å². The normalized spacial score (nSPS) is 14.5. The van der Waals surface area contributed by atoms with E-state index < -0.39 is 0 Å². The minimum absolute atomic E-state index is 0.308. The summed E-state index contributed by atoms with van der Waals surface area (Å²) in [6.07, 6.45) is 8.77. The number of para-hydroxylation sites is 1. The molecule has 1 aliphatic carbocycles. The molecule has 2 heterocycles. The van der Waals surface area contributed by atoms with Gasteiger partial charge in [0, 0.05) is 24.0 Å². The molecule has 6 heteroatoms. The number of nitrogens with one attached hydrogen (secondary N) is 1. The third-order valence-corrected chi connectivity index (χ3v) is 4.07. The molecule has 0 unspecified atom stereocenters. The van der Waals surface area contributed by atoms with Crippen LogP contribution < -0.4 is 5.32 Å². The Balaban J connectivity index is 1.61. The van der Waals surface area contributed by atoms with Crippen LogP contribution in [0.4, 0.5) is 10.3 Å². The summed E-state index contributed by atoms with van der Waals surface area (Å²) < 4.78 is 15.4. The molecule has 1 fully saturated rings. The minimum Gasteiger partial charge on any atom is -0.351 e. The summed E-state index contributed by atoms with van der Waals surface area (Å²) >= 11 is 0. The number of halogens is 1. The van der Waals surface area contributed by atoms with Crippen molar-refractivity contribution in [1.82, 2.24) is 19.7 Å². The second-order valence-corrected chi connectivity index (χ2v) is 5.66. The first-order valence-corrected chi connectivity index (χ1v) is 7.69. The summed E-state index contributed by atoms with van der Waals surface area (Å²) in [5.74, 6) is 0.322. The van der Waals surface area contributed by atoms with Crippen LogP contribution in [0.3, 0.4) is 0 Å². The molecule has 0 atom stereocenters. The fourth-order valence-electron chi connectivity index (χ4n) is 2.55. The molecule has 0 amide bonds. The van der Waals surface area contributed by atoms with Crippen LogP contribution in [0.5, 0.6) is 0 Å². The summed E-state index contributed by atoms with van der Waals surface area (Å²) in [6.45, 7) is 0. The molecule has 0 saturated heterocycles. The summed E-state index contributed by atoms with van der Waals surface area (Å²) in [4.78, 5) is 8.78. The van der Waals surface area contributed by atoms with Crippen molar-refractivity contribution in [2.45, 2.75) is 25.3 Å². The van der Waals surface area contributed by atoms with Crippen molar-refractivity contribution >= 4 is 5.95 Å². The number of aromatic nitrogens is 4. The maximum atomic E-state index is 13.8. The first-order valence-electron chi connectivity index (χ1n) is 7.69. The van der Waals surface area contributed by atoms with Gasteiger partial charge in [-0.25, -0.2) is 19.0 Å². The van der Waals surface area contributed by atoms with Crippen molar-refractivity contribution in [2.24, 2.45) is 0 Å². The molecule has 2 aromatic heterocycles. The van der Waals surface area contributed by atoms with E-state index in [1.165, 1.54) is 30.0 Å². The van der Waals surface area contributed by atoms with E-state index in [4.69, 9.17) is 0 Å². The third kappa shape index (κ3) is 2.79. The van der Waals surface area contributed by atoms with Crippen molar-refractivity contribution in [3.63, 3.8) is 0 Å². The maximum Gasteiger partial charge on any atom is 0.223 e. The molecule has 0 bridgehead atoms. The Hall–Kier alpha value is -2.76. The Kier molecular flexibility index (Phi) is 3.49. The number of benzene rings is 1. The lowest BCUT2D eigenvalue weighted by atomic mass is 9.93. The zero-order chi connectivity index (χ0) is 15.6. The molecule has 1 saturated carbocycles. The Morgan fingerprint density at radius 3 is 2.83 bits per heavy atom. The predicted molar refractivity (Wildman–Crippen MR) is 85.8 cm³/mol. The molecule has 1 aliphatic rings. The Morgan fingerprint density at radius 2 is 2.04 bits per heavy atom. The summed E-state index contributed by atoms with van der Waals surface area (Å²) in [6, 6.07) is 8.86. The van der Waals surface area contributed by atoms with Crippen LogP contribution in [0.2, 0.25) is 0 Å². The molecule has 4 rings (SSSR count). The molecule has 0 radical (unpaired) electrons. The van der Waals surface area contributed by atoms with Gasteiger partial charge >= 0.3 is 0 Å².